The molecule has 0 saturated carbocycles. The molecule has 0 saturated heterocycles. The number of carbonyl (C=O) groups is 3. The topological polar surface area (TPSA) is 87.3 Å². The third-order valence-electron chi connectivity index (χ3n) is 4.17. The fourth-order valence-electron chi connectivity index (χ4n) is 2.50. The van der Waals surface area contributed by atoms with Gasteiger partial charge in [0.15, 0.2) is 0 Å². The molecule has 2 aromatic rings. The number of carbonyl (C=O) groups excluding carboxylic acids is 3. The van der Waals surface area contributed by atoms with Crippen molar-refractivity contribution in [2.75, 3.05) is 5.32 Å². The number of benzene rings is 1. The van der Waals surface area contributed by atoms with Crippen molar-refractivity contribution in [1.29, 1.82) is 0 Å². The van der Waals surface area contributed by atoms with Crippen LogP contribution in [0.4, 0.5) is 5.69 Å². The van der Waals surface area contributed by atoms with Crippen molar-refractivity contribution in [3.63, 3.8) is 0 Å². The van der Waals surface area contributed by atoms with Crippen LogP contribution in [-0.4, -0.2) is 23.8 Å². The van der Waals surface area contributed by atoms with Crippen molar-refractivity contribution in [2.24, 2.45) is 11.8 Å². The summed E-state index contributed by atoms with van der Waals surface area (Å²) in [4.78, 5) is 37.3. The number of rotatable bonds is 8. The monoisotopic (exact) mass is 401 g/mol. The Kier molecular flexibility index (Phi) is 7.75. The van der Waals surface area contributed by atoms with E-state index < -0.39 is 6.04 Å². The zero-order chi connectivity index (χ0) is 20.7. The minimum atomic E-state index is -0.626. The second kappa shape index (κ2) is 10.0. The highest BCUT2D eigenvalue weighted by Gasteiger charge is 2.24. The van der Waals surface area contributed by atoms with E-state index in [9.17, 15) is 14.4 Å². The van der Waals surface area contributed by atoms with E-state index in [4.69, 9.17) is 0 Å². The zero-order valence-electron chi connectivity index (χ0n) is 16.6. The van der Waals surface area contributed by atoms with E-state index in [0.29, 0.717) is 17.1 Å². The van der Waals surface area contributed by atoms with Crippen LogP contribution in [0.5, 0.6) is 0 Å². The van der Waals surface area contributed by atoms with E-state index in [1.54, 1.807) is 12.1 Å². The number of hydrogen-bond donors (Lipinski definition) is 3. The lowest BCUT2D eigenvalue weighted by Crippen LogP contribution is -2.49. The van der Waals surface area contributed by atoms with E-state index in [1.165, 1.54) is 11.3 Å². The van der Waals surface area contributed by atoms with Crippen LogP contribution < -0.4 is 16.0 Å². The molecule has 0 bridgehead atoms. The van der Waals surface area contributed by atoms with E-state index in [-0.39, 0.29) is 29.6 Å². The van der Waals surface area contributed by atoms with Gasteiger partial charge in [-0.2, -0.15) is 0 Å². The smallest absolute Gasteiger partial charge is 0.262 e. The molecule has 3 N–H and O–H groups in total. The molecule has 1 aromatic heterocycles. The Balaban J connectivity index is 1.97. The molecule has 0 aliphatic carbocycles. The molecule has 150 valence electrons. The lowest BCUT2D eigenvalue weighted by molar-refractivity contribution is -0.124. The fourth-order valence-corrected chi connectivity index (χ4v) is 3.13. The van der Waals surface area contributed by atoms with Gasteiger partial charge in [0.25, 0.3) is 5.91 Å². The van der Waals surface area contributed by atoms with Gasteiger partial charge in [0, 0.05) is 18.2 Å². The first kappa shape index (κ1) is 21.6. The highest BCUT2D eigenvalue weighted by Crippen LogP contribution is 2.13. The molecule has 0 aliphatic rings. The summed E-state index contributed by atoms with van der Waals surface area (Å²) in [6.07, 6.45) is 0. The molecule has 1 aromatic carbocycles. The van der Waals surface area contributed by atoms with Gasteiger partial charge in [-0.25, -0.2) is 0 Å². The van der Waals surface area contributed by atoms with Crippen molar-refractivity contribution in [3.05, 3.63) is 52.2 Å². The van der Waals surface area contributed by atoms with Crippen molar-refractivity contribution >= 4 is 34.7 Å². The molecule has 1 unspecified atom stereocenters. The fraction of sp³-hybridized carbons (Fsp3) is 0.381. The van der Waals surface area contributed by atoms with Crippen LogP contribution in [0.1, 0.15) is 42.9 Å². The minimum absolute atomic E-state index is 0.0550. The number of amides is 3. The van der Waals surface area contributed by atoms with Crippen LogP contribution in [0, 0.1) is 11.8 Å². The summed E-state index contributed by atoms with van der Waals surface area (Å²) in [5, 5.41) is 10.3. The standard InChI is InChI=1S/C21H27N3O3S/c1-13(2)18(24-20(26)17-9-6-10-28-17)21(27)22-12-15-7-5-8-16(11-15)23-19(25)14(3)4/h5-11,13-14,18H,12H2,1-4H3,(H,22,27)(H,23,25)(H,24,26). The van der Waals surface area contributed by atoms with Gasteiger partial charge in [0.2, 0.25) is 11.8 Å². The first-order chi connectivity index (χ1) is 13.3. The Morgan fingerprint density at radius 3 is 2.36 bits per heavy atom. The second-order valence-corrected chi connectivity index (χ2v) is 8.18. The molecule has 0 radical (unpaired) electrons. The average Bonchev–Trinajstić information content (AvgIpc) is 3.18. The Hall–Kier alpha value is -2.67. The lowest BCUT2D eigenvalue weighted by Gasteiger charge is -2.21. The summed E-state index contributed by atoms with van der Waals surface area (Å²) in [5.74, 6) is -0.709. The van der Waals surface area contributed by atoms with Crippen LogP contribution in [-0.2, 0) is 16.1 Å². The number of thiophene rings is 1. The van der Waals surface area contributed by atoms with Gasteiger partial charge in [-0.15, -0.1) is 11.3 Å². The molecule has 1 heterocycles. The van der Waals surface area contributed by atoms with Gasteiger partial charge >= 0.3 is 0 Å². The summed E-state index contributed by atoms with van der Waals surface area (Å²) in [7, 11) is 0. The predicted molar refractivity (Wildman–Crippen MR) is 112 cm³/mol. The minimum Gasteiger partial charge on any atom is -0.350 e. The zero-order valence-corrected chi connectivity index (χ0v) is 17.4. The Morgan fingerprint density at radius 2 is 1.75 bits per heavy atom. The second-order valence-electron chi connectivity index (χ2n) is 7.23. The number of anilines is 1. The van der Waals surface area contributed by atoms with Crippen LogP contribution in [0.15, 0.2) is 41.8 Å². The van der Waals surface area contributed by atoms with Crippen molar-refractivity contribution in [1.82, 2.24) is 10.6 Å². The summed E-state index contributed by atoms with van der Waals surface area (Å²) < 4.78 is 0. The molecule has 2 rings (SSSR count). The average molecular weight is 402 g/mol. The molecule has 1 atom stereocenters. The third kappa shape index (κ3) is 6.20. The molecule has 28 heavy (non-hydrogen) atoms. The van der Waals surface area contributed by atoms with Crippen molar-refractivity contribution in [2.45, 2.75) is 40.3 Å². The maximum atomic E-state index is 12.6. The third-order valence-corrected chi connectivity index (χ3v) is 5.03. The van der Waals surface area contributed by atoms with Gasteiger partial charge in [-0.3, -0.25) is 14.4 Å². The highest BCUT2D eigenvalue weighted by atomic mass is 32.1. The Labute approximate surface area is 169 Å². The Morgan fingerprint density at radius 1 is 1.00 bits per heavy atom. The number of hydrogen-bond acceptors (Lipinski definition) is 4. The van der Waals surface area contributed by atoms with E-state index in [2.05, 4.69) is 16.0 Å². The summed E-state index contributed by atoms with van der Waals surface area (Å²) in [6.45, 7) is 7.75. The normalized spacial score (nSPS) is 11.9. The van der Waals surface area contributed by atoms with E-state index in [0.717, 1.165) is 5.56 Å². The van der Waals surface area contributed by atoms with Gasteiger partial charge < -0.3 is 16.0 Å². The number of nitrogens with one attached hydrogen (secondary N) is 3. The molecular weight excluding hydrogens is 374 g/mol. The maximum absolute atomic E-state index is 12.6. The van der Waals surface area contributed by atoms with Crippen LogP contribution in [0.25, 0.3) is 0 Å². The van der Waals surface area contributed by atoms with Gasteiger partial charge in [-0.05, 0) is 35.1 Å². The molecule has 0 aliphatic heterocycles. The molecule has 7 heteroatoms. The highest BCUT2D eigenvalue weighted by molar-refractivity contribution is 7.12. The van der Waals surface area contributed by atoms with E-state index >= 15 is 0 Å². The lowest BCUT2D eigenvalue weighted by atomic mass is 10.0. The largest absolute Gasteiger partial charge is 0.350 e. The summed E-state index contributed by atoms with van der Waals surface area (Å²) in [5.41, 5.74) is 1.55. The van der Waals surface area contributed by atoms with Crippen LogP contribution in [0.3, 0.4) is 0 Å². The molecule has 0 spiro atoms. The first-order valence-corrected chi connectivity index (χ1v) is 10.2. The van der Waals surface area contributed by atoms with E-state index in [1.807, 2.05) is 57.3 Å². The molecule has 0 fully saturated rings. The quantitative estimate of drug-likeness (QED) is 0.633. The predicted octanol–water partition coefficient (Wildman–Crippen LogP) is 3.41. The van der Waals surface area contributed by atoms with Crippen molar-refractivity contribution in [3.8, 4) is 0 Å². The maximum Gasteiger partial charge on any atom is 0.262 e. The van der Waals surface area contributed by atoms with Gasteiger partial charge in [-0.1, -0.05) is 45.9 Å². The van der Waals surface area contributed by atoms with Gasteiger partial charge in [0.1, 0.15) is 6.04 Å². The molecular formula is C21H27N3O3S. The molecule has 3 amide bonds. The first-order valence-electron chi connectivity index (χ1n) is 9.29. The summed E-state index contributed by atoms with van der Waals surface area (Å²) in [6, 6.07) is 10.2. The summed E-state index contributed by atoms with van der Waals surface area (Å²) >= 11 is 1.34. The van der Waals surface area contributed by atoms with Gasteiger partial charge in [0.05, 0.1) is 4.88 Å². The van der Waals surface area contributed by atoms with Crippen molar-refractivity contribution < 1.29 is 14.4 Å². The SMILES string of the molecule is CC(C)C(=O)Nc1cccc(CNC(=O)C(NC(=O)c2cccs2)C(C)C)c1. The molecule has 6 nitrogen and oxygen atoms in total. The Bertz CT molecular complexity index is 816. The van der Waals surface area contributed by atoms with Crippen LogP contribution >= 0.6 is 11.3 Å². The van der Waals surface area contributed by atoms with Crippen LogP contribution in [0.2, 0.25) is 0 Å².